The first-order valence-electron chi connectivity index (χ1n) is 7.79. The smallest absolute Gasteiger partial charge is 0.259 e. The van der Waals surface area contributed by atoms with E-state index in [2.05, 4.69) is 20.8 Å². The molecule has 126 valence electrons. The van der Waals surface area contributed by atoms with Crippen LogP contribution in [0.3, 0.4) is 0 Å². The lowest BCUT2D eigenvalue weighted by Gasteiger charge is -2.09. The van der Waals surface area contributed by atoms with E-state index in [-0.39, 0.29) is 11.8 Å². The van der Waals surface area contributed by atoms with Gasteiger partial charge in [-0.15, -0.1) is 0 Å². The Kier molecular flexibility index (Phi) is 6.06. The van der Waals surface area contributed by atoms with Crippen molar-refractivity contribution in [2.75, 3.05) is 33.4 Å². The van der Waals surface area contributed by atoms with Gasteiger partial charge >= 0.3 is 0 Å². The van der Waals surface area contributed by atoms with E-state index in [1.165, 1.54) is 0 Å². The van der Waals surface area contributed by atoms with Crippen molar-refractivity contribution in [3.8, 4) is 0 Å². The number of nitrogens with zero attached hydrogens (tertiary/aromatic N) is 2. The van der Waals surface area contributed by atoms with E-state index >= 15 is 0 Å². The molecule has 0 atom stereocenters. The van der Waals surface area contributed by atoms with Crippen molar-refractivity contribution >= 4 is 17.0 Å². The molecule has 2 aromatic heterocycles. The van der Waals surface area contributed by atoms with Gasteiger partial charge in [0.15, 0.2) is 0 Å². The molecule has 0 spiro atoms. The van der Waals surface area contributed by atoms with Gasteiger partial charge in [-0.1, -0.05) is 19.0 Å². The summed E-state index contributed by atoms with van der Waals surface area (Å²) in [7, 11) is 1.66. The fourth-order valence-electron chi connectivity index (χ4n) is 2.33. The Labute approximate surface area is 135 Å². The van der Waals surface area contributed by atoms with Crippen molar-refractivity contribution in [3.63, 3.8) is 0 Å². The van der Waals surface area contributed by atoms with E-state index in [0.717, 1.165) is 17.9 Å². The number of carbonyl (C=O) groups excluding carboxylic acids is 1. The molecule has 2 heterocycles. The van der Waals surface area contributed by atoms with Gasteiger partial charge in [-0.05, 0) is 18.9 Å². The maximum absolute atomic E-state index is 12.5. The summed E-state index contributed by atoms with van der Waals surface area (Å²) in [4.78, 5) is 16.8. The number of fused-ring (bicyclic) bond motifs is 1. The topological polar surface area (TPSA) is 89.3 Å². The lowest BCUT2D eigenvalue weighted by molar-refractivity contribution is 0.0955. The fraction of sp³-hybridized carbons (Fsp3) is 0.562. The number of amides is 1. The molecule has 2 N–H and O–H groups in total. The quantitative estimate of drug-likeness (QED) is 0.719. The molecule has 2 rings (SSSR count). The number of methoxy groups -OCH3 is 1. The molecule has 0 saturated heterocycles. The van der Waals surface area contributed by atoms with Crippen molar-refractivity contribution in [1.29, 1.82) is 0 Å². The van der Waals surface area contributed by atoms with Crippen LogP contribution in [0.25, 0.3) is 11.1 Å². The third-order valence-electron chi connectivity index (χ3n) is 3.46. The van der Waals surface area contributed by atoms with Crippen LogP contribution in [0.15, 0.2) is 10.6 Å². The molecule has 0 saturated carbocycles. The van der Waals surface area contributed by atoms with Crippen LogP contribution in [-0.4, -0.2) is 49.4 Å². The largest absolute Gasteiger partial charge is 0.383 e. The van der Waals surface area contributed by atoms with Gasteiger partial charge in [-0.3, -0.25) is 4.79 Å². The molecule has 0 unspecified atom stereocenters. The first kappa shape index (κ1) is 17.4. The van der Waals surface area contributed by atoms with E-state index in [9.17, 15) is 4.79 Å². The summed E-state index contributed by atoms with van der Waals surface area (Å²) < 4.78 is 10.2. The number of hydrogen-bond donors (Lipinski definition) is 2. The van der Waals surface area contributed by atoms with Gasteiger partial charge in [0.1, 0.15) is 0 Å². The first-order chi connectivity index (χ1) is 11.0. The zero-order valence-electron chi connectivity index (χ0n) is 14.1. The second-order valence-corrected chi connectivity index (χ2v) is 5.71. The average molecular weight is 320 g/mol. The highest BCUT2D eigenvalue weighted by Crippen LogP contribution is 2.27. The molecule has 0 fully saturated rings. The maximum Gasteiger partial charge on any atom is 0.259 e. The van der Waals surface area contributed by atoms with E-state index in [1.54, 1.807) is 13.2 Å². The standard InChI is InChI=1S/C16H24N4O3/c1-10(2)14-13-12(9-11(3)19-16(13)23-20-14)15(21)18-6-5-17-7-8-22-4/h9-10,17H,5-8H2,1-4H3,(H,18,21). The van der Waals surface area contributed by atoms with Crippen LogP contribution in [-0.2, 0) is 4.74 Å². The van der Waals surface area contributed by atoms with Crippen LogP contribution in [0.5, 0.6) is 0 Å². The maximum atomic E-state index is 12.5. The number of aryl methyl sites for hydroxylation is 1. The van der Waals surface area contributed by atoms with Gasteiger partial charge in [-0.25, -0.2) is 4.98 Å². The van der Waals surface area contributed by atoms with Crippen LogP contribution in [0.1, 0.15) is 41.5 Å². The molecule has 7 nitrogen and oxygen atoms in total. The molecule has 0 bridgehead atoms. The van der Waals surface area contributed by atoms with Crippen molar-refractivity contribution in [1.82, 2.24) is 20.8 Å². The molecular weight excluding hydrogens is 296 g/mol. The zero-order chi connectivity index (χ0) is 16.8. The highest BCUT2D eigenvalue weighted by molar-refractivity contribution is 6.06. The second-order valence-electron chi connectivity index (χ2n) is 5.71. The summed E-state index contributed by atoms with van der Waals surface area (Å²) in [5.41, 5.74) is 2.47. The highest BCUT2D eigenvalue weighted by Gasteiger charge is 2.21. The minimum Gasteiger partial charge on any atom is -0.383 e. The van der Waals surface area contributed by atoms with Crippen LogP contribution in [0.4, 0.5) is 0 Å². The van der Waals surface area contributed by atoms with Crippen molar-refractivity contribution in [2.45, 2.75) is 26.7 Å². The van der Waals surface area contributed by atoms with Crippen LogP contribution < -0.4 is 10.6 Å². The van der Waals surface area contributed by atoms with E-state index < -0.39 is 0 Å². The molecule has 0 radical (unpaired) electrons. The summed E-state index contributed by atoms with van der Waals surface area (Å²) in [5.74, 6) is 0.0159. The van der Waals surface area contributed by atoms with Gasteiger partial charge in [0.25, 0.3) is 11.6 Å². The van der Waals surface area contributed by atoms with Gasteiger partial charge < -0.3 is 19.9 Å². The molecule has 1 amide bonds. The number of pyridine rings is 1. The Morgan fingerprint density at radius 3 is 2.83 bits per heavy atom. The van der Waals surface area contributed by atoms with Crippen LogP contribution >= 0.6 is 0 Å². The van der Waals surface area contributed by atoms with Crippen LogP contribution in [0.2, 0.25) is 0 Å². The Bertz CT molecular complexity index is 667. The molecule has 23 heavy (non-hydrogen) atoms. The molecule has 0 aliphatic heterocycles. The number of hydrogen-bond acceptors (Lipinski definition) is 6. The van der Waals surface area contributed by atoms with E-state index in [0.29, 0.717) is 36.4 Å². The molecule has 0 aliphatic carbocycles. The van der Waals surface area contributed by atoms with Gasteiger partial charge in [-0.2, -0.15) is 0 Å². The average Bonchev–Trinajstić information content (AvgIpc) is 2.93. The third-order valence-corrected chi connectivity index (χ3v) is 3.46. The molecule has 7 heteroatoms. The summed E-state index contributed by atoms with van der Waals surface area (Å²) in [6, 6.07) is 1.78. The van der Waals surface area contributed by atoms with Crippen LogP contribution in [0, 0.1) is 6.92 Å². The van der Waals surface area contributed by atoms with E-state index in [1.807, 2.05) is 20.8 Å². The van der Waals surface area contributed by atoms with Gasteiger partial charge in [0.05, 0.1) is 23.3 Å². The van der Waals surface area contributed by atoms with Crippen molar-refractivity contribution < 1.29 is 14.1 Å². The molecule has 2 aromatic rings. The fourth-order valence-corrected chi connectivity index (χ4v) is 2.33. The van der Waals surface area contributed by atoms with Crippen molar-refractivity contribution in [3.05, 3.63) is 23.0 Å². The Balaban J connectivity index is 2.11. The van der Waals surface area contributed by atoms with Gasteiger partial charge in [0.2, 0.25) is 0 Å². The lowest BCUT2D eigenvalue weighted by Crippen LogP contribution is -2.33. The lowest BCUT2D eigenvalue weighted by atomic mass is 10.0. The molecular formula is C16H24N4O3. The Hall–Kier alpha value is -1.99. The normalized spacial score (nSPS) is 11.3. The molecule has 0 aromatic carbocycles. The summed E-state index contributed by atoms with van der Waals surface area (Å²) >= 11 is 0. The number of carbonyl (C=O) groups is 1. The van der Waals surface area contributed by atoms with E-state index in [4.69, 9.17) is 9.26 Å². The second kappa shape index (κ2) is 8.03. The zero-order valence-corrected chi connectivity index (χ0v) is 14.1. The Morgan fingerprint density at radius 2 is 2.13 bits per heavy atom. The van der Waals surface area contributed by atoms with Gasteiger partial charge in [0, 0.05) is 32.4 Å². The highest BCUT2D eigenvalue weighted by atomic mass is 16.5. The first-order valence-corrected chi connectivity index (χ1v) is 7.79. The monoisotopic (exact) mass is 320 g/mol. The predicted molar refractivity (Wildman–Crippen MR) is 87.7 cm³/mol. The number of nitrogens with one attached hydrogen (secondary N) is 2. The summed E-state index contributed by atoms with van der Waals surface area (Å²) in [6.45, 7) is 8.48. The summed E-state index contributed by atoms with van der Waals surface area (Å²) in [6.07, 6.45) is 0. The predicted octanol–water partition coefficient (Wildman–Crippen LogP) is 1.62. The van der Waals surface area contributed by atoms with Crippen molar-refractivity contribution in [2.24, 2.45) is 0 Å². The number of ether oxygens (including phenoxy) is 1. The minimum absolute atomic E-state index is 0.140. The Morgan fingerprint density at radius 1 is 1.35 bits per heavy atom. The minimum atomic E-state index is -0.140. The third kappa shape index (κ3) is 4.27. The SMILES string of the molecule is COCCNCCNC(=O)c1cc(C)nc2onc(C(C)C)c12. The number of rotatable bonds is 8. The number of aromatic nitrogens is 2. The summed E-state index contributed by atoms with van der Waals surface area (Å²) in [5, 5.41) is 10.9. The molecule has 0 aliphatic rings.